The van der Waals surface area contributed by atoms with E-state index in [4.69, 9.17) is 16.3 Å². The fourth-order valence-corrected chi connectivity index (χ4v) is 2.66. The SMILES string of the molecule is CSc1ccc(C(=O)OCC(=O)Nc2ccc(Cl)cc2F)cc1[N+](=O)[O-]. The molecule has 1 amide bonds. The number of hydrogen-bond donors (Lipinski definition) is 1. The number of anilines is 1. The normalized spacial score (nSPS) is 10.3. The Morgan fingerprint density at radius 1 is 1.31 bits per heavy atom. The van der Waals surface area contributed by atoms with E-state index in [1.54, 1.807) is 6.26 Å². The van der Waals surface area contributed by atoms with Crippen molar-refractivity contribution in [2.75, 3.05) is 18.2 Å². The van der Waals surface area contributed by atoms with E-state index in [0.717, 1.165) is 23.9 Å². The number of nitro benzene ring substituents is 1. The van der Waals surface area contributed by atoms with Crippen LogP contribution in [0.2, 0.25) is 5.02 Å². The average Bonchev–Trinajstić information content (AvgIpc) is 2.61. The van der Waals surface area contributed by atoms with Crippen LogP contribution in [0.3, 0.4) is 0 Å². The van der Waals surface area contributed by atoms with E-state index in [9.17, 15) is 24.1 Å². The molecule has 0 spiro atoms. The first kappa shape index (κ1) is 19.7. The summed E-state index contributed by atoms with van der Waals surface area (Å²) >= 11 is 6.77. The molecule has 0 aliphatic carbocycles. The molecule has 7 nitrogen and oxygen atoms in total. The van der Waals surface area contributed by atoms with Crippen molar-refractivity contribution in [2.24, 2.45) is 0 Å². The molecular weight excluding hydrogens is 387 g/mol. The number of benzene rings is 2. The van der Waals surface area contributed by atoms with Gasteiger partial charge in [0.25, 0.3) is 11.6 Å². The number of halogens is 2. The molecule has 0 aliphatic rings. The predicted molar refractivity (Wildman–Crippen MR) is 95.2 cm³/mol. The van der Waals surface area contributed by atoms with Gasteiger partial charge in [0.15, 0.2) is 6.61 Å². The van der Waals surface area contributed by atoms with Gasteiger partial charge in [0.05, 0.1) is 21.1 Å². The lowest BCUT2D eigenvalue weighted by molar-refractivity contribution is -0.387. The third-order valence-electron chi connectivity index (χ3n) is 3.15. The van der Waals surface area contributed by atoms with E-state index in [1.807, 2.05) is 0 Å². The summed E-state index contributed by atoms with van der Waals surface area (Å²) < 4.78 is 18.4. The van der Waals surface area contributed by atoms with Crippen molar-refractivity contribution in [3.63, 3.8) is 0 Å². The molecule has 0 aliphatic heterocycles. The molecule has 2 rings (SSSR count). The summed E-state index contributed by atoms with van der Waals surface area (Å²) in [6, 6.07) is 7.53. The molecule has 0 aromatic heterocycles. The molecule has 2 aromatic rings. The second-order valence-electron chi connectivity index (χ2n) is 4.89. The number of nitrogens with one attached hydrogen (secondary N) is 1. The zero-order chi connectivity index (χ0) is 19.3. The monoisotopic (exact) mass is 398 g/mol. The molecule has 0 fully saturated rings. The van der Waals surface area contributed by atoms with Crippen molar-refractivity contribution in [3.05, 3.63) is 62.9 Å². The number of thioether (sulfide) groups is 1. The standard InChI is InChI=1S/C16H12ClFN2O5S/c1-26-14-5-2-9(6-13(14)20(23)24)16(22)25-8-15(21)19-12-4-3-10(17)7-11(12)18/h2-7H,8H2,1H3,(H,19,21). The van der Waals surface area contributed by atoms with E-state index < -0.39 is 29.2 Å². The highest BCUT2D eigenvalue weighted by molar-refractivity contribution is 7.98. The number of esters is 1. The molecule has 26 heavy (non-hydrogen) atoms. The van der Waals surface area contributed by atoms with Crippen LogP contribution in [-0.4, -0.2) is 29.7 Å². The number of nitrogens with zero attached hydrogens (tertiary/aromatic N) is 1. The van der Waals surface area contributed by atoms with Gasteiger partial charge in [0, 0.05) is 11.1 Å². The minimum absolute atomic E-state index is 0.0695. The molecule has 1 N–H and O–H groups in total. The van der Waals surface area contributed by atoms with Crippen molar-refractivity contribution in [1.29, 1.82) is 0 Å². The molecular formula is C16H12ClFN2O5S. The summed E-state index contributed by atoms with van der Waals surface area (Å²) in [5.41, 5.74) is -0.421. The Hall–Kier alpha value is -2.65. The van der Waals surface area contributed by atoms with E-state index in [1.165, 1.54) is 24.3 Å². The van der Waals surface area contributed by atoms with Crippen LogP contribution >= 0.6 is 23.4 Å². The summed E-state index contributed by atoms with van der Waals surface area (Å²) in [6.45, 7) is -0.682. The maximum absolute atomic E-state index is 13.6. The fraction of sp³-hybridized carbons (Fsp3) is 0.125. The summed E-state index contributed by atoms with van der Waals surface area (Å²) in [6.07, 6.45) is 1.67. The third kappa shape index (κ3) is 4.93. The number of hydrogen-bond acceptors (Lipinski definition) is 6. The number of amides is 1. The lowest BCUT2D eigenvalue weighted by Crippen LogP contribution is -2.21. The van der Waals surface area contributed by atoms with Crippen molar-refractivity contribution in [2.45, 2.75) is 4.90 Å². The van der Waals surface area contributed by atoms with Crippen molar-refractivity contribution in [1.82, 2.24) is 0 Å². The molecule has 10 heteroatoms. The van der Waals surface area contributed by atoms with Crippen molar-refractivity contribution < 1.29 is 23.6 Å². The highest BCUT2D eigenvalue weighted by atomic mass is 35.5. The van der Waals surface area contributed by atoms with Crippen LogP contribution in [0.1, 0.15) is 10.4 Å². The zero-order valence-electron chi connectivity index (χ0n) is 13.3. The number of ether oxygens (including phenoxy) is 1. The molecule has 0 heterocycles. The number of carbonyl (C=O) groups is 2. The van der Waals surface area contributed by atoms with Gasteiger partial charge in [-0.2, -0.15) is 0 Å². The van der Waals surface area contributed by atoms with Gasteiger partial charge in [-0.15, -0.1) is 11.8 Å². The van der Waals surface area contributed by atoms with E-state index in [0.29, 0.717) is 4.90 Å². The van der Waals surface area contributed by atoms with Gasteiger partial charge in [-0.3, -0.25) is 14.9 Å². The van der Waals surface area contributed by atoms with Crippen LogP contribution in [0.25, 0.3) is 0 Å². The molecule has 0 atom stereocenters. The van der Waals surface area contributed by atoms with Gasteiger partial charge in [0.1, 0.15) is 5.82 Å². The molecule has 0 radical (unpaired) electrons. The summed E-state index contributed by atoms with van der Waals surface area (Å²) in [4.78, 5) is 34.5. The highest BCUT2D eigenvalue weighted by Crippen LogP contribution is 2.28. The Kier molecular flexibility index (Phi) is 6.53. The van der Waals surface area contributed by atoms with Gasteiger partial charge in [0.2, 0.25) is 0 Å². The number of nitro groups is 1. The van der Waals surface area contributed by atoms with Gasteiger partial charge >= 0.3 is 5.97 Å². The maximum atomic E-state index is 13.6. The van der Waals surface area contributed by atoms with E-state index in [2.05, 4.69) is 5.32 Å². The summed E-state index contributed by atoms with van der Waals surface area (Å²) in [5.74, 6) is -2.41. The molecule has 0 saturated heterocycles. The maximum Gasteiger partial charge on any atom is 0.338 e. The van der Waals surface area contributed by atoms with Gasteiger partial charge < -0.3 is 10.1 Å². The largest absolute Gasteiger partial charge is 0.452 e. The van der Waals surface area contributed by atoms with Gasteiger partial charge in [-0.1, -0.05) is 11.6 Å². The second-order valence-corrected chi connectivity index (χ2v) is 6.18. The van der Waals surface area contributed by atoms with E-state index >= 15 is 0 Å². The Bertz CT molecular complexity index is 878. The Labute approximate surface area is 156 Å². The molecule has 2 aromatic carbocycles. The van der Waals surface area contributed by atoms with Gasteiger partial charge in [-0.25, -0.2) is 9.18 Å². The predicted octanol–water partition coefficient (Wildman–Crippen LogP) is 3.90. The first-order valence-corrected chi connectivity index (χ1v) is 8.66. The van der Waals surface area contributed by atoms with Crippen molar-refractivity contribution >= 4 is 46.6 Å². The third-order valence-corrected chi connectivity index (χ3v) is 4.17. The van der Waals surface area contributed by atoms with Crippen LogP contribution in [0.5, 0.6) is 0 Å². The zero-order valence-corrected chi connectivity index (χ0v) is 14.9. The average molecular weight is 399 g/mol. The molecule has 136 valence electrons. The quantitative estimate of drug-likeness (QED) is 0.343. The lowest BCUT2D eigenvalue weighted by Gasteiger charge is -2.08. The Morgan fingerprint density at radius 3 is 2.65 bits per heavy atom. The first-order valence-electron chi connectivity index (χ1n) is 7.06. The highest BCUT2D eigenvalue weighted by Gasteiger charge is 2.18. The van der Waals surface area contributed by atoms with Crippen molar-refractivity contribution in [3.8, 4) is 0 Å². The van der Waals surface area contributed by atoms with Crippen LogP contribution in [0.15, 0.2) is 41.3 Å². The molecule has 0 bridgehead atoms. The van der Waals surface area contributed by atoms with E-state index in [-0.39, 0.29) is 22.0 Å². The number of rotatable bonds is 6. The second kappa shape index (κ2) is 8.63. The molecule has 0 unspecified atom stereocenters. The fourth-order valence-electron chi connectivity index (χ4n) is 1.95. The summed E-state index contributed by atoms with van der Waals surface area (Å²) in [5, 5.41) is 13.4. The van der Waals surface area contributed by atoms with Crippen LogP contribution in [0, 0.1) is 15.9 Å². The van der Waals surface area contributed by atoms with Crippen LogP contribution in [-0.2, 0) is 9.53 Å². The topological polar surface area (TPSA) is 98.5 Å². The Morgan fingerprint density at radius 2 is 2.04 bits per heavy atom. The smallest absolute Gasteiger partial charge is 0.338 e. The minimum Gasteiger partial charge on any atom is -0.452 e. The van der Waals surface area contributed by atoms with Gasteiger partial charge in [-0.05, 0) is 36.6 Å². The number of carbonyl (C=O) groups excluding carboxylic acids is 2. The summed E-state index contributed by atoms with van der Waals surface area (Å²) in [7, 11) is 0. The lowest BCUT2D eigenvalue weighted by atomic mass is 10.2. The minimum atomic E-state index is -0.910. The van der Waals surface area contributed by atoms with Crippen LogP contribution in [0.4, 0.5) is 15.8 Å². The first-order chi connectivity index (χ1) is 12.3. The Balaban J connectivity index is 2.00. The van der Waals surface area contributed by atoms with Crippen LogP contribution < -0.4 is 5.32 Å². The molecule has 0 saturated carbocycles.